The van der Waals surface area contributed by atoms with E-state index in [0.29, 0.717) is 19.4 Å². The molecular weight excluding hydrogens is 276 g/mol. The van der Waals surface area contributed by atoms with Gasteiger partial charge in [0.1, 0.15) is 15.6 Å². The van der Waals surface area contributed by atoms with Crippen LogP contribution in [0.25, 0.3) is 0 Å². The zero-order chi connectivity index (χ0) is 15.0. The van der Waals surface area contributed by atoms with Crippen molar-refractivity contribution in [2.75, 3.05) is 18.1 Å². The summed E-state index contributed by atoms with van der Waals surface area (Å²) in [4.78, 5) is 0. The van der Waals surface area contributed by atoms with Gasteiger partial charge in [0.15, 0.2) is 0 Å². The van der Waals surface area contributed by atoms with Gasteiger partial charge in [0.25, 0.3) is 0 Å². The molecule has 0 aliphatic carbocycles. The van der Waals surface area contributed by atoms with Crippen LogP contribution in [0.15, 0.2) is 24.3 Å². The molecule has 6 heteroatoms. The fourth-order valence-corrected chi connectivity index (χ4v) is 2.86. The monoisotopic (exact) mass is 300 g/mol. The summed E-state index contributed by atoms with van der Waals surface area (Å²) < 4.78 is 28.3. The number of hydrogen-bond donors (Lipinski definition) is 2. The summed E-state index contributed by atoms with van der Waals surface area (Å²) in [6.07, 6.45) is 1.28. The highest BCUT2D eigenvalue weighted by molar-refractivity contribution is 7.91. The van der Waals surface area contributed by atoms with Gasteiger partial charge in [-0.2, -0.15) is 0 Å². The predicted octanol–water partition coefficient (Wildman–Crippen LogP) is 1.80. The van der Waals surface area contributed by atoms with Gasteiger partial charge in [-0.1, -0.05) is 19.1 Å². The molecule has 1 rings (SSSR count). The fraction of sp³-hybridized carbons (Fsp3) is 0.571. The number of sulfone groups is 1. The van der Waals surface area contributed by atoms with E-state index < -0.39 is 9.84 Å². The first kappa shape index (κ1) is 16.9. The molecule has 1 unspecified atom stereocenters. The molecule has 0 aromatic heterocycles. The molecule has 0 aliphatic heterocycles. The molecule has 0 heterocycles. The van der Waals surface area contributed by atoms with Crippen LogP contribution in [0.1, 0.15) is 38.3 Å². The van der Waals surface area contributed by atoms with Crippen LogP contribution in [-0.2, 0) is 9.84 Å². The van der Waals surface area contributed by atoms with Crippen molar-refractivity contribution in [3.8, 4) is 5.75 Å². The maximum Gasteiger partial charge on any atom is 0.150 e. The molecule has 0 saturated carbocycles. The summed E-state index contributed by atoms with van der Waals surface area (Å²) in [6, 6.07) is 7.64. The Kier molecular flexibility index (Phi) is 6.98. The molecule has 0 spiro atoms. The molecule has 0 saturated heterocycles. The summed E-state index contributed by atoms with van der Waals surface area (Å²) >= 11 is 0. The van der Waals surface area contributed by atoms with Crippen LogP contribution in [0.2, 0.25) is 0 Å². The first-order valence-corrected chi connectivity index (χ1v) is 8.73. The predicted molar refractivity (Wildman–Crippen MR) is 81.2 cm³/mol. The molecule has 0 fully saturated rings. The molecule has 1 atom stereocenters. The van der Waals surface area contributed by atoms with Crippen molar-refractivity contribution >= 4 is 9.84 Å². The van der Waals surface area contributed by atoms with Crippen LogP contribution in [0.5, 0.6) is 5.75 Å². The highest BCUT2D eigenvalue weighted by atomic mass is 32.2. The number of rotatable bonds is 9. The summed E-state index contributed by atoms with van der Waals surface area (Å²) in [7, 11) is -2.91. The fourth-order valence-electron chi connectivity index (χ4n) is 1.96. The molecule has 0 radical (unpaired) electrons. The van der Waals surface area contributed by atoms with Crippen LogP contribution in [-0.4, -0.2) is 26.5 Å². The summed E-state index contributed by atoms with van der Waals surface area (Å²) in [5, 5.41) is 0. The summed E-state index contributed by atoms with van der Waals surface area (Å²) in [5.41, 5.74) is 3.77. The van der Waals surface area contributed by atoms with Crippen molar-refractivity contribution in [2.24, 2.45) is 5.84 Å². The third-order valence-corrected chi connectivity index (χ3v) is 4.97. The Hall–Kier alpha value is -1.11. The normalized spacial score (nSPS) is 13.2. The van der Waals surface area contributed by atoms with Crippen molar-refractivity contribution in [3.05, 3.63) is 29.8 Å². The average Bonchev–Trinajstić information content (AvgIpc) is 2.45. The maximum absolute atomic E-state index is 11.5. The van der Waals surface area contributed by atoms with E-state index >= 15 is 0 Å². The second kappa shape index (κ2) is 8.24. The minimum absolute atomic E-state index is 0.0438. The minimum atomic E-state index is -2.91. The first-order chi connectivity index (χ1) is 9.52. The Morgan fingerprint density at radius 2 is 1.90 bits per heavy atom. The number of benzene rings is 1. The van der Waals surface area contributed by atoms with Gasteiger partial charge in [0, 0.05) is 11.8 Å². The molecule has 0 aliphatic rings. The Bertz CT molecular complexity index is 486. The Morgan fingerprint density at radius 3 is 2.40 bits per heavy atom. The van der Waals surface area contributed by atoms with Crippen LogP contribution in [0, 0.1) is 0 Å². The van der Waals surface area contributed by atoms with Crippen LogP contribution in [0.3, 0.4) is 0 Å². The Morgan fingerprint density at radius 1 is 1.25 bits per heavy atom. The van der Waals surface area contributed by atoms with E-state index in [9.17, 15) is 8.42 Å². The smallest absolute Gasteiger partial charge is 0.150 e. The lowest BCUT2D eigenvalue weighted by Gasteiger charge is -2.16. The number of nitrogens with one attached hydrogen (secondary N) is 1. The van der Waals surface area contributed by atoms with Crippen LogP contribution >= 0.6 is 0 Å². The topological polar surface area (TPSA) is 81.4 Å². The van der Waals surface area contributed by atoms with Crippen LogP contribution in [0.4, 0.5) is 0 Å². The summed E-state index contributed by atoms with van der Waals surface area (Å²) in [5.74, 6) is 6.77. The van der Waals surface area contributed by atoms with Crippen molar-refractivity contribution in [1.29, 1.82) is 0 Å². The van der Waals surface area contributed by atoms with Gasteiger partial charge in [-0.15, -0.1) is 0 Å². The van der Waals surface area contributed by atoms with Crippen molar-refractivity contribution in [1.82, 2.24) is 5.43 Å². The van der Waals surface area contributed by atoms with Gasteiger partial charge < -0.3 is 4.74 Å². The van der Waals surface area contributed by atoms with Crippen LogP contribution < -0.4 is 16.0 Å². The highest BCUT2D eigenvalue weighted by Gasteiger charge is 2.12. The van der Waals surface area contributed by atoms with E-state index in [2.05, 4.69) is 5.43 Å². The van der Waals surface area contributed by atoms with E-state index in [1.807, 2.05) is 31.2 Å². The number of nitrogens with two attached hydrogens (primary N) is 1. The first-order valence-electron chi connectivity index (χ1n) is 6.91. The average molecular weight is 300 g/mol. The SMILES string of the molecule is CCOc1ccc(C(CCCS(=O)(=O)CC)NN)cc1. The second-order valence-electron chi connectivity index (χ2n) is 4.60. The lowest BCUT2D eigenvalue weighted by Crippen LogP contribution is -2.28. The molecule has 1 aromatic rings. The van der Waals surface area contributed by atoms with Gasteiger partial charge in [-0.05, 0) is 37.5 Å². The van der Waals surface area contributed by atoms with E-state index in [1.165, 1.54) is 0 Å². The number of ether oxygens (including phenoxy) is 1. The largest absolute Gasteiger partial charge is 0.494 e. The minimum Gasteiger partial charge on any atom is -0.494 e. The van der Waals surface area contributed by atoms with E-state index in [0.717, 1.165) is 11.3 Å². The molecule has 0 bridgehead atoms. The maximum atomic E-state index is 11.5. The lowest BCUT2D eigenvalue weighted by atomic mass is 10.0. The molecule has 3 N–H and O–H groups in total. The molecule has 114 valence electrons. The van der Waals surface area contributed by atoms with Gasteiger partial charge in [0.2, 0.25) is 0 Å². The van der Waals surface area contributed by atoms with Gasteiger partial charge in [-0.3, -0.25) is 11.3 Å². The highest BCUT2D eigenvalue weighted by Crippen LogP contribution is 2.21. The third-order valence-electron chi connectivity index (χ3n) is 3.18. The summed E-state index contributed by atoms with van der Waals surface area (Å²) in [6.45, 7) is 4.24. The third kappa shape index (κ3) is 5.48. The Labute approximate surface area is 121 Å². The zero-order valence-electron chi connectivity index (χ0n) is 12.1. The van der Waals surface area contributed by atoms with Crippen molar-refractivity contribution < 1.29 is 13.2 Å². The van der Waals surface area contributed by atoms with E-state index in [-0.39, 0.29) is 17.5 Å². The molecular formula is C14H24N2O3S. The Balaban J connectivity index is 2.57. The number of hydrazine groups is 1. The molecule has 1 aromatic carbocycles. The number of hydrogen-bond acceptors (Lipinski definition) is 5. The van der Waals surface area contributed by atoms with E-state index in [4.69, 9.17) is 10.6 Å². The molecule has 5 nitrogen and oxygen atoms in total. The standard InChI is InChI=1S/C14H24N2O3S/c1-3-19-13-9-7-12(8-10-13)14(16-15)6-5-11-20(17,18)4-2/h7-10,14,16H,3-6,11,15H2,1-2H3. The van der Waals surface area contributed by atoms with Gasteiger partial charge in [-0.25, -0.2) is 8.42 Å². The van der Waals surface area contributed by atoms with Crippen molar-refractivity contribution in [3.63, 3.8) is 0 Å². The molecule has 0 amide bonds. The quantitative estimate of drug-likeness (QED) is 0.537. The van der Waals surface area contributed by atoms with Gasteiger partial charge in [0.05, 0.1) is 12.4 Å². The molecule has 20 heavy (non-hydrogen) atoms. The zero-order valence-corrected chi connectivity index (χ0v) is 12.9. The van der Waals surface area contributed by atoms with E-state index in [1.54, 1.807) is 6.92 Å². The van der Waals surface area contributed by atoms with Crippen molar-refractivity contribution in [2.45, 2.75) is 32.7 Å². The lowest BCUT2D eigenvalue weighted by molar-refractivity contribution is 0.340. The van der Waals surface area contributed by atoms with Gasteiger partial charge >= 0.3 is 0 Å². The second-order valence-corrected chi connectivity index (χ2v) is 7.07.